The summed E-state index contributed by atoms with van der Waals surface area (Å²) in [5.74, 6) is 6.37. The number of aromatic nitrogens is 2. The van der Waals surface area contributed by atoms with Gasteiger partial charge in [-0.25, -0.2) is 5.43 Å². The molecule has 0 aliphatic rings. The summed E-state index contributed by atoms with van der Waals surface area (Å²) in [5, 5.41) is 5.38. The zero-order valence-electron chi connectivity index (χ0n) is 10.3. The van der Waals surface area contributed by atoms with Gasteiger partial charge in [-0.05, 0) is 34.1 Å². The van der Waals surface area contributed by atoms with Gasteiger partial charge in [-0.3, -0.25) is 10.5 Å². The van der Waals surface area contributed by atoms with E-state index >= 15 is 0 Å². The smallest absolute Gasteiger partial charge is 0.148 e. The normalized spacial score (nSPS) is 13.0. The van der Waals surface area contributed by atoms with Crippen molar-refractivity contribution >= 4 is 26.9 Å². The second-order valence-corrected chi connectivity index (χ2v) is 5.18. The predicted molar refractivity (Wildman–Crippen MR) is 76.3 cm³/mol. The van der Waals surface area contributed by atoms with Crippen molar-refractivity contribution in [2.75, 3.05) is 0 Å². The van der Waals surface area contributed by atoms with Crippen LogP contribution >= 0.6 is 15.9 Å². The van der Waals surface area contributed by atoms with Crippen LogP contribution in [0.3, 0.4) is 0 Å². The molecule has 3 aromatic rings. The first kappa shape index (κ1) is 12.4. The molecule has 1 atom stereocenters. The van der Waals surface area contributed by atoms with E-state index < -0.39 is 0 Å². The Morgan fingerprint density at radius 1 is 1.42 bits per heavy atom. The second kappa shape index (κ2) is 4.80. The molecule has 0 saturated carbocycles. The Bertz CT molecular complexity index is 718. The van der Waals surface area contributed by atoms with Crippen LogP contribution in [0.2, 0.25) is 0 Å². The zero-order chi connectivity index (χ0) is 13.4. The minimum Gasteiger partial charge on any atom is -0.458 e. The summed E-state index contributed by atoms with van der Waals surface area (Å²) in [5.41, 5.74) is 4.38. The fourth-order valence-corrected chi connectivity index (χ4v) is 2.55. The molecule has 0 fully saturated rings. The minimum absolute atomic E-state index is 0.263. The van der Waals surface area contributed by atoms with Crippen molar-refractivity contribution in [3.63, 3.8) is 0 Å². The van der Waals surface area contributed by atoms with Crippen LogP contribution in [0.15, 0.2) is 45.4 Å². The first-order chi connectivity index (χ1) is 9.19. The van der Waals surface area contributed by atoms with E-state index in [4.69, 9.17) is 10.3 Å². The van der Waals surface area contributed by atoms with Crippen molar-refractivity contribution < 1.29 is 4.42 Å². The first-order valence-corrected chi connectivity index (χ1v) is 6.62. The Hall–Kier alpha value is -1.63. The fraction of sp³-hybridized carbons (Fsp3) is 0.154. The molecule has 0 aliphatic heterocycles. The number of rotatable bonds is 3. The number of furan rings is 1. The van der Waals surface area contributed by atoms with Gasteiger partial charge in [0.05, 0.1) is 10.2 Å². The van der Waals surface area contributed by atoms with Crippen LogP contribution < -0.4 is 11.3 Å². The van der Waals surface area contributed by atoms with Crippen LogP contribution in [0.1, 0.15) is 17.5 Å². The number of hydrogen-bond donors (Lipinski definition) is 2. The predicted octanol–water partition coefficient (Wildman–Crippen LogP) is 2.48. The summed E-state index contributed by atoms with van der Waals surface area (Å²) in [4.78, 5) is 0. The molecule has 1 aromatic carbocycles. The lowest BCUT2D eigenvalue weighted by Crippen LogP contribution is -2.28. The van der Waals surface area contributed by atoms with E-state index in [0.717, 1.165) is 26.9 Å². The monoisotopic (exact) mass is 320 g/mol. The third kappa shape index (κ3) is 2.18. The Kier molecular flexibility index (Phi) is 3.14. The molecular formula is C13H13BrN4O. The number of aryl methyl sites for hydroxylation is 1. The van der Waals surface area contributed by atoms with Gasteiger partial charge in [0.2, 0.25) is 0 Å². The Labute approximate surface area is 118 Å². The Morgan fingerprint density at radius 3 is 2.89 bits per heavy atom. The zero-order valence-corrected chi connectivity index (χ0v) is 11.9. The number of para-hydroxylation sites is 1. The average Bonchev–Trinajstić information content (AvgIpc) is 2.98. The van der Waals surface area contributed by atoms with Gasteiger partial charge in [-0.15, -0.1) is 0 Å². The molecule has 5 nitrogen and oxygen atoms in total. The number of nitrogens with one attached hydrogen (secondary N) is 1. The summed E-state index contributed by atoms with van der Waals surface area (Å²) < 4.78 is 8.54. The highest BCUT2D eigenvalue weighted by Gasteiger charge is 2.20. The minimum atomic E-state index is -0.263. The van der Waals surface area contributed by atoms with Crippen molar-refractivity contribution in [3.8, 4) is 0 Å². The Morgan fingerprint density at radius 2 is 2.26 bits per heavy atom. The topological polar surface area (TPSA) is 69.0 Å². The van der Waals surface area contributed by atoms with Crippen molar-refractivity contribution in [2.24, 2.45) is 12.9 Å². The van der Waals surface area contributed by atoms with Gasteiger partial charge in [-0.2, -0.15) is 5.10 Å². The maximum absolute atomic E-state index is 5.88. The van der Waals surface area contributed by atoms with Crippen LogP contribution in [-0.2, 0) is 7.05 Å². The molecule has 3 N–H and O–H groups in total. The van der Waals surface area contributed by atoms with E-state index in [1.165, 1.54) is 0 Å². The number of nitrogens with zero attached hydrogens (tertiary/aromatic N) is 2. The van der Waals surface area contributed by atoms with Gasteiger partial charge in [0, 0.05) is 18.6 Å². The number of hydrogen-bond acceptors (Lipinski definition) is 4. The van der Waals surface area contributed by atoms with Gasteiger partial charge >= 0.3 is 0 Å². The molecule has 0 bridgehead atoms. The summed E-state index contributed by atoms with van der Waals surface area (Å²) >= 11 is 3.48. The molecule has 98 valence electrons. The van der Waals surface area contributed by atoms with Crippen LogP contribution in [0.25, 0.3) is 11.0 Å². The summed E-state index contributed by atoms with van der Waals surface area (Å²) in [6.45, 7) is 0. The van der Waals surface area contributed by atoms with E-state index in [0.29, 0.717) is 0 Å². The van der Waals surface area contributed by atoms with Gasteiger partial charge in [-0.1, -0.05) is 12.1 Å². The van der Waals surface area contributed by atoms with E-state index in [1.807, 2.05) is 43.6 Å². The molecule has 0 aliphatic carbocycles. The van der Waals surface area contributed by atoms with E-state index in [9.17, 15) is 0 Å². The molecule has 0 spiro atoms. The highest BCUT2D eigenvalue weighted by atomic mass is 79.9. The van der Waals surface area contributed by atoms with E-state index in [1.54, 1.807) is 4.68 Å². The maximum Gasteiger partial charge on any atom is 0.148 e. The number of benzene rings is 1. The lowest BCUT2D eigenvalue weighted by molar-refractivity contribution is 0.467. The maximum atomic E-state index is 5.88. The molecule has 0 radical (unpaired) electrons. The first-order valence-electron chi connectivity index (χ1n) is 5.82. The quantitative estimate of drug-likeness (QED) is 0.574. The van der Waals surface area contributed by atoms with Crippen LogP contribution in [0, 0.1) is 0 Å². The fourth-order valence-electron chi connectivity index (χ4n) is 2.09. The molecular weight excluding hydrogens is 308 g/mol. The molecule has 0 amide bonds. The summed E-state index contributed by atoms with van der Waals surface area (Å²) in [6.07, 6.45) is 1.87. The highest BCUT2D eigenvalue weighted by Crippen LogP contribution is 2.31. The number of halogens is 1. The highest BCUT2D eigenvalue weighted by molar-refractivity contribution is 9.10. The number of fused-ring (bicyclic) bond motifs is 1. The average molecular weight is 321 g/mol. The molecule has 2 aromatic heterocycles. The van der Waals surface area contributed by atoms with E-state index in [-0.39, 0.29) is 6.04 Å². The van der Waals surface area contributed by atoms with Crippen LogP contribution in [-0.4, -0.2) is 9.78 Å². The third-order valence-corrected chi connectivity index (χ3v) is 3.62. The largest absolute Gasteiger partial charge is 0.458 e. The van der Waals surface area contributed by atoms with Crippen LogP contribution in [0.4, 0.5) is 0 Å². The molecule has 2 heterocycles. The molecule has 1 unspecified atom stereocenters. The second-order valence-electron chi connectivity index (χ2n) is 4.32. The van der Waals surface area contributed by atoms with Crippen molar-refractivity contribution in [3.05, 3.63) is 52.5 Å². The molecule has 0 saturated heterocycles. The standard InChI is InChI=1S/C13H13BrN4O/c1-18-6-5-10(17-18)12(16-15)11-7-8-3-2-4-9(14)13(8)19-11/h2-7,12,16H,15H2,1H3. The lowest BCUT2D eigenvalue weighted by Gasteiger charge is -2.09. The molecule has 6 heteroatoms. The van der Waals surface area contributed by atoms with Crippen LogP contribution in [0.5, 0.6) is 0 Å². The lowest BCUT2D eigenvalue weighted by atomic mass is 10.1. The van der Waals surface area contributed by atoms with Gasteiger partial charge in [0.15, 0.2) is 0 Å². The summed E-state index contributed by atoms with van der Waals surface area (Å²) in [7, 11) is 1.87. The molecule has 3 rings (SSSR count). The number of nitrogens with two attached hydrogens (primary N) is 1. The third-order valence-electron chi connectivity index (χ3n) is 3.00. The number of hydrazine groups is 1. The van der Waals surface area contributed by atoms with Gasteiger partial charge in [0.1, 0.15) is 17.4 Å². The summed E-state index contributed by atoms with van der Waals surface area (Å²) in [6, 6.07) is 9.53. The molecule has 19 heavy (non-hydrogen) atoms. The van der Waals surface area contributed by atoms with E-state index in [2.05, 4.69) is 26.5 Å². The van der Waals surface area contributed by atoms with Crippen molar-refractivity contribution in [1.29, 1.82) is 0 Å². The van der Waals surface area contributed by atoms with Crippen molar-refractivity contribution in [2.45, 2.75) is 6.04 Å². The Balaban J connectivity index is 2.09. The van der Waals surface area contributed by atoms with Crippen molar-refractivity contribution in [1.82, 2.24) is 15.2 Å². The van der Waals surface area contributed by atoms with Gasteiger partial charge < -0.3 is 4.42 Å². The van der Waals surface area contributed by atoms with Gasteiger partial charge in [0.25, 0.3) is 0 Å². The SMILES string of the molecule is Cn1ccc(C(NN)c2cc3cccc(Br)c3o2)n1.